The van der Waals surface area contributed by atoms with Crippen molar-refractivity contribution in [2.75, 3.05) is 11.9 Å². The van der Waals surface area contributed by atoms with E-state index in [1.807, 2.05) is 13.0 Å². The molecule has 0 saturated heterocycles. The Hall–Kier alpha value is -1.65. The third-order valence-electron chi connectivity index (χ3n) is 3.54. The van der Waals surface area contributed by atoms with Gasteiger partial charge in [-0.15, -0.1) is 0 Å². The van der Waals surface area contributed by atoms with Crippen LogP contribution in [0.4, 0.5) is 5.82 Å². The molecule has 0 spiro atoms. The Bertz CT molecular complexity index is 414. The number of anilines is 1. The molecule has 2 rings (SSSR count). The molecule has 0 aromatic carbocycles. The van der Waals surface area contributed by atoms with Gasteiger partial charge in [0, 0.05) is 12.7 Å². The number of hydrogen-bond donors (Lipinski definition) is 2. The fraction of sp³-hybridized carbons (Fsp3) is 0.615. The lowest BCUT2D eigenvalue weighted by molar-refractivity contribution is -0.143. The molecule has 2 N–H and O–H groups in total. The van der Waals surface area contributed by atoms with E-state index in [0.717, 1.165) is 43.9 Å². The predicted molar refractivity (Wildman–Crippen MR) is 68.3 cm³/mol. The van der Waals surface area contributed by atoms with Gasteiger partial charge in [0.05, 0.1) is 5.92 Å². The summed E-state index contributed by atoms with van der Waals surface area (Å²) in [6.07, 6.45) is 5.29. The van der Waals surface area contributed by atoms with Gasteiger partial charge >= 0.3 is 5.97 Å². The van der Waals surface area contributed by atoms with E-state index in [2.05, 4.69) is 15.3 Å². The van der Waals surface area contributed by atoms with Crippen LogP contribution in [0, 0.1) is 18.8 Å². The highest BCUT2D eigenvalue weighted by Gasteiger charge is 2.25. The van der Waals surface area contributed by atoms with Gasteiger partial charge in [-0.1, -0.05) is 0 Å². The number of rotatable bonds is 4. The van der Waals surface area contributed by atoms with Crippen LogP contribution in [-0.4, -0.2) is 27.6 Å². The van der Waals surface area contributed by atoms with Gasteiger partial charge in [-0.05, 0) is 44.6 Å². The molecule has 1 aromatic rings. The van der Waals surface area contributed by atoms with E-state index in [1.54, 1.807) is 6.20 Å². The van der Waals surface area contributed by atoms with Crippen LogP contribution in [0.15, 0.2) is 12.3 Å². The largest absolute Gasteiger partial charge is 0.481 e. The number of nitrogens with zero attached hydrogens (tertiary/aromatic N) is 2. The molecule has 1 aromatic heterocycles. The topological polar surface area (TPSA) is 75.1 Å². The van der Waals surface area contributed by atoms with Gasteiger partial charge in [-0.3, -0.25) is 4.79 Å². The van der Waals surface area contributed by atoms with Gasteiger partial charge < -0.3 is 10.4 Å². The van der Waals surface area contributed by atoms with E-state index in [-0.39, 0.29) is 5.92 Å². The van der Waals surface area contributed by atoms with E-state index in [0.29, 0.717) is 5.92 Å². The quantitative estimate of drug-likeness (QED) is 0.854. The summed E-state index contributed by atoms with van der Waals surface area (Å²) in [6, 6.07) is 1.86. The summed E-state index contributed by atoms with van der Waals surface area (Å²) >= 11 is 0. The Balaban J connectivity index is 1.77. The maximum absolute atomic E-state index is 10.8. The van der Waals surface area contributed by atoms with Crippen molar-refractivity contribution in [3.8, 4) is 0 Å². The summed E-state index contributed by atoms with van der Waals surface area (Å²) in [5, 5.41) is 12.2. The smallest absolute Gasteiger partial charge is 0.306 e. The van der Waals surface area contributed by atoms with Crippen LogP contribution >= 0.6 is 0 Å². The molecule has 1 fully saturated rings. The number of hydrogen-bond acceptors (Lipinski definition) is 4. The molecular formula is C13H19N3O2. The number of aromatic nitrogens is 2. The second-order valence-electron chi connectivity index (χ2n) is 4.93. The van der Waals surface area contributed by atoms with Gasteiger partial charge in [-0.2, -0.15) is 0 Å². The molecule has 0 unspecified atom stereocenters. The van der Waals surface area contributed by atoms with Crippen LogP contribution in [0.1, 0.15) is 31.5 Å². The minimum absolute atomic E-state index is 0.137. The van der Waals surface area contributed by atoms with Crippen molar-refractivity contribution in [3.63, 3.8) is 0 Å². The zero-order valence-electron chi connectivity index (χ0n) is 10.6. The summed E-state index contributed by atoms with van der Waals surface area (Å²) in [5.41, 5.74) is 0. The molecular weight excluding hydrogens is 230 g/mol. The summed E-state index contributed by atoms with van der Waals surface area (Å²) in [5.74, 6) is 1.38. The fourth-order valence-corrected chi connectivity index (χ4v) is 2.42. The Morgan fingerprint density at radius 2 is 2.17 bits per heavy atom. The number of carbonyl (C=O) groups is 1. The Labute approximate surface area is 107 Å². The van der Waals surface area contributed by atoms with E-state index >= 15 is 0 Å². The average molecular weight is 249 g/mol. The first-order chi connectivity index (χ1) is 8.65. The fourth-order valence-electron chi connectivity index (χ4n) is 2.42. The van der Waals surface area contributed by atoms with E-state index < -0.39 is 5.97 Å². The van der Waals surface area contributed by atoms with Gasteiger partial charge in [0.15, 0.2) is 0 Å². The summed E-state index contributed by atoms with van der Waals surface area (Å²) in [4.78, 5) is 19.2. The van der Waals surface area contributed by atoms with Crippen molar-refractivity contribution in [1.82, 2.24) is 9.97 Å². The van der Waals surface area contributed by atoms with Crippen molar-refractivity contribution >= 4 is 11.8 Å². The van der Waals surface area contributed by atoms with Crippen molar-refractivity contribution in [2.45, 2.75) is 32.6 Å². The number of carboxylic acids is 1. The standard InChI is InChI=1S/C13H19N3O2/c1-9-14-7-6-12(16-9)15-8-10-2-4-11(5-3-10)13(17)18/h6-7,10-11H,2-5,8H2,1H3,(H,17,18)(H,14,15,16). The summed E-state index contributed by atoms with van der Waals surface area (Å²) in [6.45, 7) is 2.73. The lowest BCUT2D eigenvalue weighted by Crippen LogP contribution is -2.25. The van der Waals surface area contributed by atoms with E-state index in [9.17, 15) is 4.79 Å². The van der Waals surface area contributed by atoms with Gasteiger partial charge in [0.1, 0.15) is 11.6 Å². The second-order valence-corrected chi connectivity index (χ2v) is 4.93. The molecule has 0 aliphatic heterocycles. The molecule has 1 saturated carbocycles. The first-order valence-electron chi connectivity index (χ1n) is 6.41. The molecule has 5 nitrogen and oxygen atoms in total. The normalized spacial score (nSPS) is 23.6. The Kier molecular flexibility index (Phi) is 4.12. The van der Waals surface area contributed by atoms with Crippen molar-refractivity contribution < 1.29 is 9.90 Å². The zero-order valence-corrected chi connectivity index (χ0v) is 10.6. The highest BCUT2D eigenvalue weighted by Crippen LogP contribution is 2.28. The minimum Gasteiger partial charge on any atom is -0.481 e. The molecule has 1 heterocycles. The lowest BCUT2D eigenvalue weighted by atomic mass is 9.82. The van der Waals surface area contributed by atoms with E-state index in [1.165, 1.54) is 0 Å². The Morgan fingerprint density at radius 1 is 1.44 bits per heavy atom. The molecule has 0 amide bonds. The van der Waals surface area contributed by atoms with Crippen LogP contribution in [0.25, 0.3) is 0 Å². The molecule has 0 radical (unpaired) electrons. The average Bonchev–Trinajstić information content (AvgIpc) is 2.37. The highest BCUT2D eigenvalue weighted by atomic mass is 16.4. The van der Waals surface area contributed by atoms with Gasteiger partial charge in [-0.25, -0.2) is 9.97 Å². The molecule has 0 bridgehead atoms. The Morgan fingerprint density at radius 3 is 2.78 bits per heavy atom. The van der Waals surface area contributed by atoms with Crippen LogP contribution in [0.5, 0.6) is 0 Å². The van der Waals surface area contributed by atoms with Crippen molar-refractivity contribution in [1.29, 1.82) is 0 Å². The number of aliphatic carboxylic acids is 1. The first-order valence-corrected chi connectivity index (χ1v) is 6.41. The second kappa shape index (κ2) is 5.80. The summed E-state index contributed by atoms with van der Waals surface area (Å²) in [7, 11) is 0. The molecule has 1 aliphatic carbocycles. The maximum Gasteiger partial charge on any atom is 0.306 e. The van der Waals surface area contributed by atoms with Crippen LogP contribution in [-0.2, 0) is 4.79 Å². The lowest BCUT2D eigenvalue weighted by Gasteiger charge is -2.26. The number of nitrogens with one attached hydrogen (secondary N) is 1. The maximum atomic E-state index is 10.8. The highest BCUT2D eigenvalue weighted by molar-refractivity contribution is 5.69. The molecule has 18 heavy (non-hydrogen) atoms. The van der Waals surface area contributed by atoms with Gasteiger partial charge in [0.2, 0.25) is 0 Å². The third-order valence-corrected chi connectivity index (χ3v) is 3.54. The first kappa shape index (κ1) is 12.8. The monoisotopic (exact) mass is 249 g/mol. The molecule has 5 heteroatoms. The summed E-state index contributed by atoms with van der Waals surface area (Å²) < 4.78 is 0. The van der Waals surface area contributed by atoms with Crippen molar-refractivity contribution in [2.24, 2.45) is 11.8 Å². The van der Waals surface area contributed by atoms with E-state index in [4.69, 9.17) is 5.11 Å². The molecule has 1 aliphatic rings. The number of aryl methyl sites for hydroxylation is 1. The van der Waals surface area contributed by atoms with Crippen LogP contribution in [0.2, 0.25) is 0 Å². The predicted octanol–water partition coefficient (Wildman–Crippen LogP) is 2.09. The molecule has 0 atom stereocenters. The number of carboxylic acid groups (broad SMARTS) is 1. The van der Waals surface area contributed by atoms with Gasteiger partial charge in [0.25, 0.3) is 0 Å². The van der Waals surface area contributed by atoms with Crippen molar-refractivity contribution in [3.05, 3.63) is 18.1 Å². The minimum atomic E-state index is -0.646. The SMILES string of the molecule is Cc1nccc(NCC2CCC(C(=O)O)CC2)n1. The zero-order chi connectivity index (χ0) is 13.0. The van der Waals surface area contributed by atoms with Crippen LogP contribution in [0.3, 0.4) is 0 Å². The third kappa shape index (κ3) is 3.42. The van der Waals surface area contributed by atoms with Crippen LogP contribution < -0.4 is 5.32 Å². The molecule has 98 valence electrons.